The second kappa shape index (κ2) is 4.94. The zero-order valence-electron chi connectivity index (χ0n) is 11.9. The zero-order chi connectivity index (χ0) is 16.0. The number of halogens is 2. The Balaban J connectivity index is 2.43. The molecule has 114 valence electrons. The predicted octanol–water partition coefficient (Wildman–Crippen LogP) is 2.70. The van der Waals surface area contributed by atoms with Crippen molar-refractivity contribution in [2.75, 3.05) is 0 Å². The first-order valence-electron chi connectivity index (χ1n) is 6.72. The van der Waals surface area contributed by atoms with Crippen molar-refractivity contribution >= 4 is 11.0 Å². The van der Waals surface area contributed by atoms with Crippen molar-refractivity contribution < 1.29 is 13.9 Å². The molecule has 0 amide bonds. The second-order valence-corrected chi connectivity index (χ2v) is 4.90. The van der Waals surface area contributed by atoms with Crippen LogP contribution >= 0.6 is 0 Å². The normalized spacial score (nSPS) is 11.3. The molecule has 2 N–H and O–H groups in total. The van der Waals surface area contributed by atoms with Gasteiger partial charge in [-0.1, -0.05) is 6.07 Å². The minimum Gasteiger partial charge on any atom is -0.503 e. The Kier molecular flexibility index (Phi) is 3.20. The van der Waals surface area contributed by atoms with Crippen molar-refractivity contribution in [1.82, 2.24) is 14.8 Å². The van der Waals surface area contributed by atoms with Gasteiger partial charge in [-0.2, -0.15) is 5.10 Å². The number of aryl methyl sites for hydroxylation is 2. The maximum Gasteiger partial charge on any atom is 0.235 e. The van der Waals surface area contributed by atoms with E-state index in [9.17, 15) is 18.7 Å². The summed E-state index contributed by atoms with van der Waals surface area (Å²) in [6.45, 7) is 3.96. The van der Waals surface area contributed by atoms with Crippen molar-refractivity contribution in [2.45, 2.75) is 20.4 Å². The lowest BCUT2D eigenvalue weighted by Gasteiger charge is -2.08. The van der Waals surface area contributed by atoms with Crippen LogP contribution in [0.2, 0.25) is 0 Å². The van der Waals surface area contributed by atoms with Gasteiger partial charge < -0.3 is 10.1 Å². The molecule has 0 saturated heterocycles. The summed E-state index contributed by atoms with van der Waals surface area (Å²) in [6.07, 6.45) is 0. The Labute approximate surface area is 123 Å². The summed E-state index contributed by atoms with van der Waals surface area (Å²) in [4.78, 5) is 15.1. The quantitative estimate of drug-likeness (QED) is 0.764. The number of hydrogen-bond acceptors (Lipinski definition) is 3. The van der Waals surface area contributed by atoms with Crippen LogP contribution in [0.3, 0.4) is 0 Å². The molecule has 3 rings (SSSR count). The molecule has 0 fully saturated rings. The Bertz CT molecular complexity index is 944. The van der Waals surface area contributed by atoms with E-state index in [2.05, 4.69) is 10.1 Å². The summed E-state index contributed by atoms with van der Waals surface area (Å²) in [5.41, 5.74) is -0.215. The Morgan fingerprint density at radius 1 is 1.36 bits per heavy atom. The van der Waals surface area contributed by atoms with Crippen molar-refractivity contribution in [3.63, 3.8) is 0 Å². The molecule has 0 saturated carbocycles. The Hall–Kier alpha value is -2.70. The largest absolute Gasteiger partial charge is 0.503 e. The Morgan fingerprint density at radius 2 is 2.09 bits per heavy atom. The standard InChI is InChI=1S/C15H13F2N3O2/c1-3-20-15-10(7(2)19-20)13(21)14(22)12(18-15)8-5-4-6-9(16)11(8)17/h4-6,22H,3H2,1-2H3,(H,18,21). The average molecular weight is 305 g/mol. The fourth-order valence-corrected chi connectivity index (χ4v) is 2.51. The SMILES string of the molecule is CCn1nc(C)c2c(=O)c(O)c(-c3cccc(F)c3F)[nH]c21. The second-order valence-electron chi connectivity index (χ2n) is 4.90. The summed E-state index contributed by atoms with van der Waals surface area (Å²) in [7, 11) is 0. The number of H-pyrrole nitrogens is 1. The number of aromatic hydroxyl groups is 1. The highest BCUT2D eigenvalue weighted by molar-refractivity contribution is 5.84. The number of rotatable bonds is 2. The van der Waals surface area contributed by atoms with Crippen LogP contribution in [0.1, 0.15) is 12.6 Å². The number of hydrogen-bond donors (Lipinski definition) is 2. The number of pyridine rings is 1. The first kappa shape index (κ1) is 14.2. The van der Waals surface area contributed by atoms with Gasteiger partial charge >= 0.3 is 0 Å². The highest BCUT2D eigenvalue weighted by Crippen LogP contribution is 2.30. The molecule has 22 heavy (non-hydrogen) atoms. The molecule has 0 atom stereocenters. The third-order valence-corrected chi connectivity index (χ3v) is 3.57. The van der Waals surface area contributed by atoms with Gasteiger partial charge in [0.1, 0.15) is 5.65 Å². The molecule has 0 aliphatic heterocycles. The first-order valence-corrected chi connectivity index (χ1v) is 6.72. The lowest BCUT2D eigenvalue weighted by molar-refractivity contribution is 0.469. The lowest BCUT2D eigenvalue weighted by atomic mass is 10.1. The van der Waals surface area contributed by atoms with Gasteiger partial charge in [-0.25, -0.2) is 13.5 Å². The van der Waals surface area contributed by atoms with Gasteiger partial charge in [-0.15, -0.1) is 0 Å². The van der Waals surface area contributed by atoms with Gasteiger partial charge in [-0.05, 0) is 26.0 Å². The van der Waals surface area contributed by atoms with Crippen molar-refractivity contribution in [3.05, 3.63) is 45.8 Å². The van der Waals surface area contributed by atoms with Crippen LogP contribution in [0.25, 0.3) is 22.3 Å². The van der Waals surface area contributed by atoms with Gasteiger partial charge in [0.2, 0.25) is 5.43 Å². The molecule has 3 aromatic rings. The molecular formula is C15H13F2N3O2. The number of fused-ring (bicyclic) bond motifs is 1. The fraction of sp³-hybridized carbons (Fsp3) is 0.200. The van der Waals surface area contributed by atoms with Crippen LogP contribution in [0.5, 0.6) is 5.75 Å². The molecule has 0 aliphatic rings. The van der Waals surface area contributed by atoms with E-state index in [0.717, 1.165) is 6.07 Å². The van der Waals surface area contributed by atoms with E-state index in [0.29, 0.717) is 17.9 Å². The van der Waals surface area contributed by atoms with Crippen LogP contribution in [-0.2, 0) is 6.54 Å². The fourth-order valence-electron chi connectivity index (χ4n) is 2.51. The van der Waals surface area contributed by atoms with Crippen LogP contribution in [0, 0.1) is 18.6 Å². The van der Waals surface area contributed by atoms with E-state index in [1.807, 2.05) is 6.92 Å². The summed E-state index contributed by atoms with van der Waals surface area (Å²) in [6, 6.07) is 3.56. The molecule has 0 bridgehead atoms. The summed E-state index contributed by atoms with van der Waals surface area (Å²) < 4.78 is 28.9. The highest BCUT2D eigenvalue weighted by Gasteiger charge is 2.21. The number of aromatic nitrogens is 3. The molecule has 1 aromatic carbocycles. The van der Waals surface area contributed by atoms with Crippen LogP contribution in [-0.4, -0.2) is 19.9 Å². The van der Waals surface area contributed by atoms with Gasteiger partial charge in [-0.3, -0.25) is 4.79 Å². The van der Waals surface area contributed by atoms with Crippen LogP contribution in [0.15, 0.2) is 23.0 Å². The van der Waals surface area contributed by atoms with Crippen molar-refractivity contribution in [1.29, 1.82) is 0 Å². The minimum atomic E-state index is -1.13. The molecule has 7 heteroatoms. The number of nitrogens with one attached hydrogen (secondary N) is 1. The van der Waals surface area contributed by atoms with Gasteiger partial charge in [0.25, 0.3) is 0 Å². The van der Waals surface area contributed by atoms with Gasteiger partial charge in [0, 0.05) is 12.1 Å². The highest BCUT2D eigenvalue weighted by atomic mass is 19.2. The summed E-state index contributed by atoms with van der Waals surface area (Å²) in [5.74, 6) is -2.85. The van der Waals surface area contributed by atoms with E-state index in [-0.39, 0.29) is 16.6 Å². The van der Waals surface area contributed by atoms with Gasteiger partial charge in [0.15, 0.2) is 17.4 Å². The van der Waals surface area contributed by atoms with E-state index >= 15 is 0 Å². The molecular weight excluding hydrogens is 292 g/mol. The number of benzene rings is 1. The van der Waals surface area contributed by atoms with E-state index in [4.69, 9.17) is 0 Å². The summed E-state index contributed by atoms with van der Waals surface area (Å²) in [5, 5.41) is 14.5. The minimum absolute atomic E-state index is 0.163. The van der Waals surface area contributed by atoms with Gasteiger partial charge in [0.05, 0.1) is 16.8 Å². The molecule has 2 heterocycles. The first-order chi connectivity index (χ1) is 10.5. The molecule has 5 nitrogen and oxygen atoms in total. The van der Waals surface area contributed by atoms with Crippen LogP contribution < -0.4 is 5.43 Å². The number of aromatic amines is 1. The predicted molar refractivity (Wildman–Crippen MR) is 77.8 cm³/mol. The monoisotopic (exact) mass is 305 g/mol. The maximum absolute atomic E-state index is 14.0. The molecule has 0 radical (unpaired) electrons. The molecule has 2 aromatic heterocycles. The molecule has 0 spiro atoms. The summed E-state index contributed by atoms with van der Waals surface area (Å²) >= 11 is 0. The third-order valence-electron chi connectivity index (χ3n) is 3.57. The average Bonchev–Trinajstić information content (AvgIpc) is 2.82. The van der Waals surface area contributed by atoms with Crippen LogP contribution in [0.4, 0.5) is 8.78 Å². The van der Waals surface area contributed by atoms with E-state index in [1.54, 1.807) is 6.92 Å². The third kappa shape index (κ3) is 1.89. The van der Waals surface area contributed by atoms with Crippen molar-refractivity contribution in [3.8, 4) is 17.0 Å². The molecule has 0 unspecified atom stereocenters. The lowest BCUT2D eigenvalue weighted by Crippen LogP contribution is -2.07. The number of nitrogens with zero attached hydrogens (tertiary/aromatic N) is 2. The Morgan fingerprint density at radius 3 is 2.77 bits per heavy atom. The molecule has 0 aliphatic carbocycles. The maximum atomic E-state index is 14.0. The van der Waals surface area contributed by atoms with Crippen molar-refractivity contribution in [2.24, 2.45) is 0 Å². The smallest absolute Gasteiger partial charge is 0.235 e. The zero-order valence-corrected chi connectivity index (χ0v) is 11.9. The van der Waals surface area contributed by atoms with E-state index in [1.165, 1.54) is 16.8 Å². The topological polar surface area (TPSA) is 70.9 Å². The van der Waals surface area contributed by atoms with E-state index < -0.39 is 22.8 Å².